The second kappa shape index (κ2) is 10.3. The number of para-hydroxylation sites is 1. The normalized spacial score (nSPS) is 10.4. The molecular formula is C23H21ClN2O5S. The Morgan fingerprint density at radius 1 is 1.03 bits per heavy atom. The highest BCUT2D eigenvalue weighted by Crippen LogP contribution is 2.34. The topological polar surface area (TPSA) is 93.7 Å². The third-order valence-corrected chi connectivity index (χ3v) is 5.76. The van der Waals surface area contributed by atoms with Crippen molar-refractivity contribution in [2.24, 2.45) is 0 Å². The zero-order valence-electron chi connectivity index (χ0n) is 17.7. The van der Waals surface area contributed by atoms with Gasteiger partial charge in [0.2, 0.25) is 5.91 Å². The van der Waals surface area contributed by atoms with Gasteiger partial charge in [-0.3, -0.25) is 9.59 Å². The molecule has 0 spiro atoms. The largest absolute Gasteiger partial charge is 0.455 e. The van der Waals surface area contributed by atoms with Crippen LogP contribution in [0.15, 0.2) is 48.5 Å². The fourth-order valence-corrected chi connectivity index (χ4v) is 4.08. The van der Waals surface area contributed by atoms with E-state index in [9.17, 15) is 14.4 Å². The van der Waals surface area contributed by atoms with Crippen molar-refractivity contribution < 1.29 is 23.9 Å². The van der Waals surface area contributed by atoms with E-state index in [4.69, 9.17) is 21.1 Å². The molecule has 2 N–H and O–H groups in total. The second-order valence-corrected chi connectivity index (χ2v) is 8.51. The van der Waals surface area contributed by atoms with Gasteiger partial charge in [-0.15, -0.1) is 11.3 Å². The first-order valence-electron chi connectivity index (χ1n) is 9.61. The molecule has 0 atom stereocenters. The summed E-state index contributed by atoms with van der Waals surface area (Å²) in [6, 6.07) is 13.9. The first-order valence-corrected chi connectivity index (χ1v) is 10.8. The predicted molar refractivity (Wildman–Crippen MR) is 125 cm³/mol. The number of halogens is 1. The van der Waals surface area contributed by atoms with Crippen LogP contribution in [-0.2, 0) is 14.3 Å². The Morgan fingerprint density at radius 2 is 1.75 bits per heavy atom. The third-order valence-electron chi connectivity index (χ3n) is 4.40. The minimum Gasteiger partial charge on any atom is -0.455 e. The van der Waals surface area contributed by atoms with E-state index in [0.29, 0.717) is 32.8 Å². The molecule has 3 aromatic rings. The summed E-state index contributed by atoms with van der Waals surface area (Å²) < 4.78 is 11.0. The van der Waals surface area contributed by atoms with Gasteiger partial charge < -0.3 is 20.1 Å². The summed E-state index contributed by atoms with van der Waals surface area (Å²) in [5.41, 5.74) is 1.27. The van der Waals surface area contributed by atoms with E-state index in [1.807, 2.05) is 25.1 Å². The number of benzene rings is 2. The van der Waals surface area contributed by atoms with Crippen molar-refractivity contribution >= 4 is 51.4 Å². The number of thiophene rings is 1. The maximum atomic E-state index is 12.6. The van der Waals surface area contributed by atoms with E-state index in [1.165, 1.54) is 18.3 Å². The van der Waals surface area contributed by atoms with Gasteiger partial charge in [-0.25, -0.2) is 4.79 Å². The summed E-state index contributed by atoms with van der Waals surface area (Å²) in [6.07, 6.45) is 0. The molecule has 0 saturated carbocycles. The fourth-order valence-electron chi connectivity index (χ4n) is 2.81. The van der Waals surface area contributed by atoms with E-state index in [2.05, 4.69) is 10.6 Å². The van der Waals surface area contributed by atoms with Gasteiger partial charge in [-0.1, -0.05) is 29.8 Å². The average Bonchev–Trinajstić information content (AvgIpc) is 3.01. The maximum Gasteiger partial charge on any atom is 0.341 e. The molecule has 2 amide bonds. The predicted octanol–water partition coefficient (Wildman–Crippen LogP) is 5.56. The van der Waals surface area contributed by atoms with Gasteiger partial charge in [0, 0.05) is 16.8 Å². The summed E-state index contributed by atoms with van der Waals surface area (Å²) in [4.78, 5) is 37.4. The Morgan fingerprint density at radius 3 is 2.44 bits per heavy atom. The first-order chi connectivity index (χ1) is 15.2. The highest BCUT2D eigenvalue weighted by Gasteiger charge is 2.22. The fraction of sp³-hybridized carbons (Fsp3) is 0.174. The van der Waals surface area contributed by atoms with Crippen molar-refractivity contribution in [1.29, 1.82) is 0 Å². The number of hydrogen-bond donors (Lipinski definition) is 2. The lowest BCUT2D eigenvalue weighted by molar-refractivity contribution is -0.119. The minimum atomic E-state index is -0.697. The van der Waals surface area contributed by atoms with Gasteiger partial charge in [0.05, 0.1) is 11.3 Å². The molecule has 1 heterocycles. The van der Waals surface area contributed by atoms with E-state index in [1.54, 1.807) is 37.3 Å². The lowest BCUT2D eigenvalue weighted by Gasteiger charge is -2.13. The average molecular weight is 473 g/mol. The molecule has 166 valence electrons. The molecule has 32 heavy (non-hydrogen) atoms. The SMILES string of the molecule is CC(=O)Nc1sc(C)c(C)c1C(=O)OCC(=O)Nc1cc(Cl)ccc1Oc1ccccc1. The maximum absolute atomic E-state index is 12.6. The number of carbonyl (C=O) groups is 3. The standard InChI is InChI=1S/C23H21ClN2O5S/c1-13-14(2)32-22(25-15(3)27)21(13)23(29)30-12-20(28)26-18-11-16(24)9-10-19(18)31-17-7-5-4-6-8-17/h4-11H,12H2,1-3H3,(H,25,27)(H,26,28). The van der Waals surface area contributed by atoms with Crippen molar-refractivity contribution in [2.45, 2.75) is 20.8 Å². The summed E-state index contributed by atoms with van der Waals surface area (Å²) in [5.74, 6) is -0.588. The van der Waals surface area contributed by atoms with E-state index >= 15 is 0 Å². The molecule has 0 radical (unpaired) electrons. The number of esters is 1. The van der Waals surface area contributed by atoms with Crippen LogP contribution in [0.1, 0.15) is 27.7 Å². The molecule has 0 saturated heterocycles. The lowest BCUT2D eigenvalue weighted by atomic mass is 10.1. The number of anilines is 2. The number of aryl methyl sites for hydroxylation is 1. The molecule has 0 aliphatic rings. The molecule has 1 aromatic heterocycles. The number of rotatable bonds is 7. The van der Waals surface area contributed by atoms with Crippen LogP contribution < -0.4 is 15.4 Å². The quantitative estimate of drug-likeness (QED) is 0.439. The number of carbonyl (C=O) groups excluding carboxylic acids is 3. The number of nitrogens with one attached hydrogen (secondary N) is 2. The van der Waals surface area contributed by atoms with Crippen LogP contribution in [-0.4, -0.2) is 24.4 Å². The lowest BCUT2D eigenvalue weighted by Crippen LogP contribution is -2.22. The van der Waals surface area contributed by atoms with Gasteiger partial charge in [0.15, 0.2) is 12.4 Å². The van der Waals surface area contributed by atoms with Crippen LogP contribution in [0, 0.1) is 13.8 Å². The van der Waals surface area contributed by atoms with Gasteiger partial charge in [0.25, 0.3) is 5.91 Å². The van der Waals surface area contributed by atoms with E-state index < -0.39 is 18.5 Å². The molecule has 0 unspecified atom stereocenters. The monoisotopic (exact) mass is 472 g/mol. The zero-order chi connectivity index (χ0) is 23.3. The van der Waals surface area contributed by atoms with Crippen LogP contribution in [0.5, 0.6) is 11.5 Å². The Balaban J connectivity index is 1.69. The van der Waals surface area contributed by atoms with Crippen LogP contribution >= 0.6 is 22.9 Å². The molecule has 0 aliphatic heterocycles. The molecule has 7 nitrogen and oxygen atoms in total. The van der Waals surface area contributed by atoms with Crippen molar-refractivity contribution in [3.05, 3.63) is 69.6 Å². The van der Waals surface area contributed by atoms with Crippen LogP contribution in [0.3, 0.4) is 0 Å². The molecular weight excluding hydrogens is 452 g/mol. The molecule has 9 heteroatoms. The first kappa shape index (κ1) is 23.3. The Hall–Kier alpha value is -3.36. The van der Waals surface area contributed by atoms with Crippen molar-refractivity contribution in [1.82, 2.24) is 0 Å². The molecule has 0 bridgehead atoms. The molecule has 2 aromatic carbocycles. The summed E-state index contributed by atoms with van der Waals surface area (Å²) in [5, 5.41) is 6.08. The zero-order valence-corrected chi connectivity index (χ0v) is 19.2. The van der Waals surface area contributed by atoms with E-state index in [0.717, 1.165) is 4.88 Å². The second-order valence-electron chi connectivity index (χ2n) is 6.85. The number of amides is 2. The summed E-state index contributed by atoms with van der Waals surface area (Å²) in [6.45, 7) is 4.42. The number of ether oxygens (including phenoxy) is 2. The number of hydrogen-bond acceptors (Lipinski definition) is 6. The van der Waals surface area contributed by atoms with Crippen molar-refractivity contribution in [3.8, 4) is 11.5 Å². The Bertz CT molecular complexity index is 1160. The molecule has 3 rings (SSSR count). The smallest absolute Gasteiger partial charge is 0.341 e. The Labute approximate surface area is 194 Å². The van der Waals surface area contributed by atoms with Gasteiger partial charge in [0.1, 0.15) is 10.8 Å². The van der Waals surface area contributed by atoms with Crippen LogP contribution in [0.2, 0.25) is 5.02 Å². The highest BCUT2D eigenvalue weighted by atomic mass is 35.5. The minimum absolute atomic E-state index is 0.242. The van der Waals surface area contributed by atoms with Crippen molar-refractivity contribution in [2.75, 3.05) is 17.2 Å². The highest BCUT2D eigenvalue weighted by molar-refractivity contribution is 7.16. The van der Waals surface area contributed by atoms with Crippen LogP contribution in [0.25, 0.3) is 0 Å². The Kier molecular flexibility index (Phi) is 7.50. The van der Waals surface area contributed by atoms with Gasteiger partial charge in [-0.05, 0) is 49.7 Å². The third kappa shape index (κ3) is 5.87. The molecule has 0 fully saturated rings. The summed E-state index contributed by atoms with van der Waals surface area (Å²) in [7, 11) is 0. The molecule has 0 aliphatic carbocycles. The van der Waals surface area contributed by atoms with Gasteiger partial charge in [-0.2, -0.15) is 0 Å². The summed E-state index contributed by atoms with van der Waals surface area (Å²) >= 11 is 7.34. The van der Waals surface area contributed by atoms with Crippen LogP contribution in [0.4, 0.5) is 10.7 Å². The van der Waals surface area contributed by atoms with E-state index in [-0.39, 0.29) is 11.5 Å². The van der Waals surface area contributed by atoms with Crippen molar-refractivity contribution in [3.63, 3.8) is 0 Å². The van der Waals surface area contributed by atoms with Gasteiger partial charge >= 0.3 is 5.97 Å².